The summed E-state index contributed by atoms with van der Waals surface area (Å²) in [5.74, 6) is -4.90. The third-order valence-electron chi connectivity index (χ3n) is 9.41. The van der Waals surface area contributed by atoms with Crippen molar-refractivity contribution in [3.63, 3.8) is 0 Å². The summed E-state index contributed by atoms with van der Waals surface area (Å²) in [4.78, 5) is 48.6. The number of nitrogens with zero attached hydrogens (tertiary/aromatic N) is 3. The molecule has 5 rings (SSSR count). The van der Waals surface area contributed by atoms with Crippen molar-refractivity contribution in [3.8, 4) is 11.5 Å². The highest BCUT2D eigenvalue weighted by Crippen LogP contribution is 2.43. The molecule has 2 aliphatic heterocycles. The SMILES string of the molecule is Cc1c(F)cccc1C1[C@@H](C(=O)c2cccc(O)c2)CN([C@H](CNS(C)(=O)=O)C(=O)N2CCN(C)CC2)C[C@@H]1C(=O)c1cccc(O)c1. The van der Waals surface area contributed by atoms with E-state index in [0.29, 0.717) is 31.7 Å². The van der Waals surface area contributed by atoms with Crippen LogP contribution in [0.2, 0.25) is 0 Å². The van der Waals surface area contributed by atoms with Gasteiger partial charge in [-0.05, 0) is 55.4 Å². The van der Waals surface area contributed by atoms with Crippen molar-refractivity contribution in [2.24, 2.45) is 11.8 Å². The minimum Gasteiger partial charge on any atom is -0.508 e. The quantitative estimate of drug-likeness (QED) is 0.275. The van der Waals surface area contributed by atoms with Crippen LogP contribution in [0.15, 0.2) is 66.7 Å². The van der Waals surface area contributed by atoms with Gasteiger partial charge >= 0.3 is 0 Å². The number of aromatic hydroxyl groups is 2. The first-order valence-corrected chi connectivity index (χ1v) is 17.7. The standard InChI is InChI=1S/C35H41FN4O7S/c1-22-27(11-6-12-30(22)36)32-28(33(43)23-7-4-9-25(41)17-23)20-40(21-29(32)34(44)24-8-5-10-26(42)18-24)31(19-37-48(3,46)47)35(45)39-15-13-38(2)14-16-39/h4-12,17-18,28-29,31-32,37,41-42H,13-16,19-21H2,1-3H3/t28-,29-,31+/m0/s1. The molecule has 0 unspecified atom stereocenters. The predicted octanol–water partition coefficient (Wildman–Crippen LogP) is 2.63. The molecule has 1 amide bonds. The number of sulfonamides is 1. The second kappa shape index (κ2) is 14.5. The molecule has 0 bridgehead atoms. The van der Waals surface area contributed by atoms with Crippen LogP contribution in [-0.4, -0.2) is 116 Å². The molecule has 0 aromatic heterocycles. The second-order valence-electron chi connectivity index (χ2n) is 12.7. The summed E-state index contributed by atoms with van der Waals surface area (Å²) >= 11 is 0. The Hall–Kier alpha value is -4.17. The lowest BCUT2D eigenvalue weighted by molar-refractivity contribution is -0.139. The van der Waals surface area contributed by atoms with Crippen LogP contribution in [0.25, 0.3) is 0 Å². The molecule has 3 atom stereocenters. The molecular weight excluding hydrogens is 639 g/mol. The lowest BCUT2D eigenvalue weighted by Gasteiger charge is -2.47. The Balaban J connectivity index is 1.66. The number of amides is 1. The smallest absolute Gasteiger partial charge is 0.241 e. The normalized spacial score (nSPS) is 20.4. The number of phenolic OH excluding ortho intramolecular Hbond substituents is 2. The largest absolute Gasteiger partial charge is 0.508 e. The van der Waals surface area contributed by atoms with Crippen LogP contribution in [0.3, 0.4) is 0 Å². The molecule has 2 heterocycles. The Labute approximate surface area is 280 Å². The van der Waals surface area contributed by atoms with Gasteiger partial charge in [-0.3, -0.25) is 19.3 Å². The molecule has 3 N–H and O–H groups in total. The maximum absolute atomic E-state index is 15.1. The summed E-state index contributed by atoms with van der Waals surface area (Å²) in [5.41, 5.74) is 1.05. The fourth-order valence-corrected chi connectivity index (χ4v) is 7.30. The summed E-state index contributed by atoms with van der Waals surface area (Å²) in [6.45, 7) is 3.24. The Morgan fingerprint density at radius 1 is 0.875 bits per heavy atom. The monoisotopic (exact) mass is 680 g/mol. The third kappa shape index (κ3) is 7.92. The number of phenols is 2. The highest BCUT2D eigenvalue weighted by atomic mass is 32.2. The number of benzene rings is 3. The molecule has 0 aliphatic carbocycles. The summed E-state index contributed by atoms with van der Waals surface area (Å²) in [6, 6.07) is 15.1. The highest BCUT2D eigenvalue weighted by Gasteiger charge is 2.48. The number of hydrogen-bond donors (Lipinski definition) is 3. The van der Waals surface area contributed by atoms with Gasteiger partial charge in [-0.2, -0.15) is 0 Å². The van der Waals surface area contributed by atoms with Crippen LogP contribution in [0, 0.1) is 24.6 Å². The predicted molar refractivity (Wildman–Crippen MR) is 178 cm³/mol. The van der Waals surface area contributed by atoms with Gasteiger partial charge in [0, 0.05) is 74.7 Å². The van der Waals surface area contributed by atoms with Gasteiger partial charge in [0.25, 0.3) is 0 Å². The molecule has 0 radical (unpaired) electrons. The van der Waals surface area contributed by atoms with Crippen LogP contribution in [0.5, 0.6) is 11.5 Å². The van der Waals surface area contributed by atoms with E-state index in [1.807, 2.05) is 7.05 Å². The fourth-order valence-electron chi connectivity index (χ4n) is 6.84. The lowest BCUT2D eigenvalue weighted by Crippen LogP contribution is -2.62. The van der Waals surface area contributed by atoms with Crippen molar-refractivity contribution in [2.45, 2.75) is 18.9 Å². The molecule has 3 aromatic carbocycles. The summed E-state index contributed by atoms with van der Waals surface area (Å²) < 4.78 is 42.2. The van der Waals surface area contributed by atoms with Gasteiger partial charge in [0.1, 0.15) is 23.4 Å². The van der Waals surface area contributed by atoms with Crippen molar-refractivity contribution in [2.75, 3.05) is 59.1 Å². The topological polar surface area (TPSA) is 148 Å². The second-order valence-corrected chi connectivity index (χ2v) is 14.6. The minimum absolute atomic E-state index is 0.0610. The van der Waals surface area contributed by atoms with E-state index >= 15 is 4.39 Å². The zero-order chi connectivity index (χ0) is 34.7. The zero-order valence-corrected chi connectivity index (χ0v) is 28.0. The highest BCUT2D eigenvalue weighted by molar-refractivity contribution is 7.88. The van der Waals surface area contributed by atoms with E-state index in [2.05, 4.69) is 9.62 Å². The minimum atomic E-state index is -3.74. The number of ketones is 2. The number of Topliss-reactive ketones (excluding diaryl/α,β-unsaturated/α-hetero) is 2. The lowest BCUT2D eigenvalue weighted by atomic mass is 9.67. The number of carbonyl (C=O) groups is 3. The molecule has 3 aromatic rings. The van der Waals surface area contributed by atoms with Gasteiger partial charge < -0.3 is 20.0 Å². The molecule has 0 saturated carbocycles. The molecule has 0 spiro atoms. The average molecular weight is 681 g/mol. The van der Waals surface area contributed by atoms with E-state index in [1.165, 1.54) is 48.5 Å². The van der Waals surface area contributed by atoms with Gasteiger partial charge in [-0.1, -0.05) is 36.4 Å². The summed E-state index contributed by atoms with van der Waals surface area (Å²) in [6.07, 6.45) is 0.992. The Morgan fingerprint density at radius 3 is 1.90 bits per heavy atom. The van der Waals surface area contributed by atoms with E-state index in [0.717, 1.165) is 6.26 Å². The number of halogens is 1. The fraction of sp³-hybridized carbons (Fsp3) is 0.400. The van der Waals surface area contributed by atoms with Crippen molar-refractivity contribution < 1.29 is 37.4 Å². The van der Waals surface area contributed by atoms with Gasteiger partial charge in [0.15, 0.2) is 11.6 Å². The van der Waals surface area contributed by atoms with Crippen LogP contribution in [-0.2, 0) is 14.8 Å². The summed E-state index contributed by atoms with van der Waals surface area (Å²) in [7, 11) is -1.79. The number of likely N-dealkylation sites (N-methyl/N-ethyl adjacent to an activating group) is 1. The van der Waals surface area contributed by atoms with E-state index in [4.69, 9.17) is 0 Å². The first-order valence-electron chi connectivity index (χ1n) is 15.8. The number of piperidine rings is 1. The van der Waals surface area contributed by atoms with Crippen molar-refractivity contribution >= 4 is 27.5 Å². The molecule has 2 saturated heterocycles. The summed E-state index contributed by atoms with van der Waals surface area (Å²) in [5, 5.41) is 20.5. The van der Waals surface area contributed by atoms with E-state index < -0.39 is 51.2 Å². The van der Waals surface area contributed by atoms with Gasteiger partial charge in [0.2, 0.25) is 15.9 Å². The average Bonchev–Trinajstić information content (AvgIpc) is 3.05. The van der Waals surface area contributed by atoms with E-state index in [9.17, 15) is 33.0 Å². The number of nitrogens with one attached hydrogen (secondary N) is 1. The maximum Gasteiger partial charge on any atom is 0.241 e. The Morgan fingerprint density at radius 2 is 1.40 bits per heavy atom. The molecule has 256 valence electrons. The number of carbonyl (C=O) groups excluding carboxylic acids is 3. The molecule has 48 heavy (non-hydrogen) atoms. The molecule has 11 nitrogen and oxygen atoms in total. The zero-order valence-electron chi connectivity index (χ0n) is 27.2. The van der Waals surface area contributed by atoms with Gasteiger partial charge in [-0.15, -0.1) is 0 Å². The molecule has 13 heteroatoms. The van der Waals surface area contributed by atoms with Crippen LogP contribution in [0.4, 0.5) is 4.39 Å². The number of piperazine rings is 1. The first-order chi connectivity index (χ1) is 22.7. The van der Waals surface area contributed by atoms with E-state index in [1.54, 1.807) is 34.9 Å². The Bertz CT molecular complexity index is 1730. The van der Waals surface area contributed by atoms with Crippen molar-refractivity contribution in [1.29, 1.82) is 0 Å². The Kier molecular flexibility index (Phi) is 10.6. The van der Waals surface area contributed by atoms with Crippen LogP contribution < -0.4 is 4.72 Å². The van der Waals surface area contributed by atoms with Gasteiger partial charge in [0.05, 0.1) is 6.26 Å². The molecule has 2 aliphatic rings. The number of hydrogen-bond acceptors (Lipinski definition) is 9. The molecule has 2 fully saturated rings. The van der Waals surface area contributed by atoms with E-state index in [-0.39, 0.29) is 53.7 Å². The third-order valence-corrected chi connectivity index (χ3v) is 10.1. The van der Waals surface area contributed by atoms with Crippen LogP contribution in [0.1, 0.15) is 37.8 Å². The number of likely N-dealkylation sites (tertiary alicyclic amines) is 1. The number of rotatable bonds is 10. The maximum atomic E-state index is 15.1. The molecular formula is C35H41FN4O7S. The van der Waals surface area contributed by atoms with Gasteiger partial charge in [-0.25, -0.2) is 17.5 Å². The first kappa shape index (κ1) is 35.1. The van der Waals surface area contributed by atoms with Crippen molar-refractivity contribution in [3.05, 3.63) is 94.8 Å². The van der Waals surface area contributed by atoms with Crippen LogP contribution >= 0.6 is 0 Å². The van der Waals surface area contributed by atoms with Crippen molar-refractivity contribution in [1.82, 2.24) is 19.4 Å².